The van der Waals surface area contributed by atoms with E-state index in [0.717, 1.165) is 50.9 Å². The Bertz CT molecular complexity index is 892. The summed E-state index contributed by atoms with van der Waals surface area (Å²) in [6.07, 6.45) is 37.8. The molecular weight excluding hydrogens is 628 g/mol. The van der Waals surface area contributed by atoms with Crippen LogP contribution in [0.4, 0.5) is 0 Å². The zero-order valence-electron chi connectivity index (χ0n) is 32.3. The number of allylic oxidation sites excluding steroid dienone is 7. The Hall–Kier alpha value is -2.22. The summed E-state index contributed by atoms with van der Waals surface area (Å²) in [5.74, 6) is -0.0407. The summed E-state index contributed by atoms with van der Waals surface area (Å²) >= 11 is 0. The van der Waals surface area contributed by atoms with Crippen molar-refractivity contribution in [3.05, 3.63) is 48.6 Å². The van der Waals surface area contributed by atoms with Gasteiger partial charge in [-0.25, -0.2) is 0 Å². The third-order valence-corrected chi connectivity index (χ3v) is 8.77. The number of carbonyl (C=O) groups excluding carboxylic acids is 2. The topological polar surface area (TPSA) is 113 Å². The second-order valence-corrected chi connectivity index (χ2v) is 14.1. The Morgan fingerprint density at radius 3 is 1.52 bits per heavy atom. The zero-order chi connectivity index (χ0) is 36.9. The number of carbonyl (C=O) groups is 2. The van der Waals surface area contributed by atoms with E-state index in [2.05, 4.69) is 57.2 Å². The highest BCUT2D eigenvalue weighted by molar-refractivity contribution is 5.70. The van der Waals surface area contributed by atoms with E-state index < -0.39 is 30.9 Å². The van der Waals surface area contributed by atoms with E-state index >= 15 is 0 Å². The van der Waals surface area contributed by atoms with Gasteiger partial charge in [-0.15, -0.1) is 0 Å². The molecule has 0 bridgehead atoms. The Labute approximate surface area is 306 Å². The van der Waals surface area contributed by atoms with Gasteiger partial charge in [0.1, 0.15) is 6.61 Å². The van der Waals surface area contributed by atoms with E-state index in [1.165, 1.54) is 77.0 Å². The third-order valence-electron chi connectivity index (χ3n) is 8.77. The van der Waals surface area contributed by atoms with Gasteiger partial charge in [-0.2, -0.15) is 0 Å². The average Bonchev–Trinajstić information content (AvgIpc) is 3.09. The molecule has 0 saturated heterocycles. The number of rotatable bonds is 35. The van der Waals surface area contributed by atoms with Gasteiger partial charge in [0.05, 0.1) is 18.8 Å². The van der Waals surface area contributed by atoms with Crippen LogP contribution in [0, 0.1) is 5.92 Å². The zero-order valence-corrected chi connectivity index (χ0v) is 32.3. The van der Waals surface area contributed by atoms with Gasteiger partial charge in [0.15, 0.2) is 6.10 Å². The van der Waals surface area contributed by atoms with Gasteiger partial charge >= 0.3 is 11.9 Å². The van der Waals surface area contributed by atoms with Crippen LogP contribution in [0.25, 0.3) is 0 Å². The summed E-state index contributed by atoms with van der Waals surface area (Å²) in [6, 6.07) is 0. The number of aliphatic hydroxyl groups is 3. The molecule has 0 radical (unpaired) electrons. The van der Waals surface area contributed by atoms with Crippen molar-refractivity contribution in [2.75, 3.05) is 13.2 Å². The van der Waals surface area contributed by atoms with Crippen LogP contribution < -0.4 is 0 Å². The number of hydrogen-bond donors (Lipinski definition) is 3. The molecule has 0 rings (SSSR count). The Morgan fingerprint density at radius 2 is 1.02 bits per heavy atom. The summed E-state index contributed by atoms with van der Waals surface area (Å²) in [5.41, 5.74) is 0. The maximum Gasteiger partial charge on any atom is 0.306 e. The number of aliphatic hydroxyl groups excluding tert-OH is 3. The molecule has 3 N–H and O–H groups in total. The van der Waals surface area contributed by atoms with E-state index in [-0.39, 0.29) is 25.4 Å². The van der Waals surface area contributed by atoms with Crippen molar-refractivity contribution >= 4 is 11.9 Å². The highest BCUT2D eigenvalue weighted by Gasteiger charge is 2.18. The van der Waals surface area contributed by atoms with E-state index in [1.54, 1.807) is 0 Å². The molecule has 0 fully saturated rings. The molecule has 7 heteroatoms. The highest BCUT2D eigenvalue weighted by atomic mass is 16.6. The van der Waals surface area contributed by atoms with Gasteiger partial charge < -0.3 is 24.8 Å². The lowest BCUT2D eigenvalue weighted by atomic mass is 10.0. The predicted molar refractivity (Wildman–Crippen MR) is 208 cm³/mol. The van der Waals surface area contributed by atoms with Crippen molar-refractivity contribution in [1.82, 2.24) is 0 Å². The van der Waals surface area contributed by atoms with E-state index in [9.17, 15) is 24.9 Å². The van der Waals surface area contributed by atoms with Crippen molar-refractivity contribution < 1.29 is 34.4 Å². The van der Waals surface area contributed by atoms with Gasteiger partial charge in [-0.05, 0) is 57.3 Å². The molecule has 3 atom stereocenters. The Balaban J connectivity index is 3.79. The van der Waals surface area contributed by atoms with Crippen molar-refractivity contribution in [3.63, 3.8) is 0 Å². The lowest BCUT2D eigenvalue weighted by molar-refractivity contribution is -0.161. The molecule has 0 aromatic heterocycles. The third kappa shape index (κ3) is 34.2. The summed E-state index contributed by atoms with van der Waals surface area (Å²) < 4.78 is 10.5. The minimum atomic E-state index is -0.935. The average molecular weight is 705 g/mol. The Kier molecular flexibility index (Phi) is 34.9. The molecule has 0 aliphatic heterocycles. The smallest absolute Gasteiger partial charge is 0.306 e. The van der Waals surface area contributed by atoms with Crippen molar-refractivity contribution in [3.8, 4) is 0 Å². The summed E-state index contributed by atoms with van der Waals surface area (Å²) in [5, 5.41) is 30.0. The molecule has 0 aliphatic carbocycles. The second-order valence-electron chi connectivity index (χ2n) is 14.1. The molecule has 0 unspecified atom stereocenters. The van der Waals surface area contributed by atoms with Gasteiger partial charge in [0.25, 0.3) is 0 Å². The largest absolute Gasteiger partial charge is 0.462 e. The van der Waals surface area contributed by atoms with Gasteiger partial charge in [-0.3, -0.25) is 9.59 Å². The number of hydrogen-bond acceptors (Lipinski definition) is 7. The molecule has 0 amide bonds. The quantitative estimate of drug-likeness (QED) is 0.0342. The van der Waals surface area contributed by atoms with Crippen molar-refractivity contribution in [2.45, 2.75) is 193 Å². The normalized spacial score (nSPS) is 14.1. The van der Waals surface area contributed by atoms with Crippen LogP contribution in [0.1, 0.15) is 175 Å². The predicted octanol–water partition coefficient (Wildman–Crippen LogP) is 10.4. The van der Waals surface area contributed by atoms with Crippen LogP contribution >= 0.6 is 0 Å². The summed E-state index contributed by atoms with van der Waals surface area (Å²) in [7, 11) is 0. The highest BCUT2D eigenvalue weighted by Crippen LogP contribution is 2.15. The molecule has 0 aromatic rings. The maximum atomic E-state index is 12.2. The van der Waals surface area contributed by atoms with Gasteiger partial charge in [0, 0.05) is 12.8 Å². The van der Waals surface area contributed by atoms with Crippen LogP contribution in [0.15, 0.2) is 48.6 Å². The fraction of sp³-hybridized carbons (Fsp3) is 0.767. The van der Waals surface area contributed by atoms with Crippen molar-refractivity contribution in [2.24, 2.45) is 5.92 Å². The molecular formula is C43H76O7. The first kappa shape index (κ1) is 47.8. The first-order valence-corrected chi connectivity index (χ1v) is 20.2. The number of esters is 2. The fourth-order valence-corrected chi connectivity index (χ4v) is 5.59. The van der Waals surface area contributed by atoms with Gasteiger partial charge in [-0.1, -0.05) is 159 Å². The van der Waals surface area contributed by atoms with Crippen LogP contribution in [0.5, 0.6) is 0 Å². The lowest BCUT2D eigenvalue weighted by Crippen LogP contribution is -2.28. The fourth-order valence-electron chi connectivity index (χ4n) is 5.59. The molecule has 0 heterocycles. The van der Waals surface area contributed by atoms with E-state index in [4.69, 9.17) is 9.47 Å². The maximum absolute atomic E-state index is 12.2. The molecule has 0 aliphatic rings. The molecule has 7 nitrogen and oxygen atoms in total. The van der Waals surface area contributed by atoms with E-state index in [0.29, 0.717) is 19.3 Å². The molecule has 0 aromatic carbocycles. The minimum Gasteiger partial charge on any atom is -0.462 e. The van der Waals surface area contributed by atoms with Crippen LogP contribution in [0.3, 0.4) is 0 Å². The standard InChI is InChI=1S/C43H76O7/c1-4-5-6-7-8-9-10-16-19-22-25-28-32-40(45)41(46)33-30-35-42(47)49-37-39(36-44)50-43(48)34-29-26-23-20-17-14-12-11-13-15-18-21-24-27-31-38(2)3/h5-6,8-9,16,19,25,28,38-41,44-46H,4,7,10-15,17-18,20-24,26-27,29-37H2,1-3H3/b6-5-,9-8-,19-16-,28-25-/t39-,40-,41-/m0/s1. The van der Waals surface area contributed by atoms with E-state index in [1.807, 2.05) is 12.2 Å². The number of ether oxygens (including phenoxy) is 2. The first-order chi connectivity index (χ1) is 24.3. The van der Waals surface area contributed by atoms with Crippen LogP contribution in [0.2, 0.25) is 0 Å². The molecule has 290 valence electrons. The molecule has 0 spiro atoms. The molecule has 0 saturated carbocycles. The monoisotopic (exact) mass is 705 g/mol. The first-order valence-electron chi connectivity index (χ1n) is 20.2. The molecule has 50 heavy (non-hydrogen) atoms. The van der Waals surface area contributed by atoms with Crippen LogP contribution in [-0.4, -0.2) is 58.8 Å². The van der Waals surface area contributed by atoms with Crippen LogP contribution in [-0.2, 0) is 19.1 Å². The minimum absolute atomic E-state index is 0.0680. The summed E-state index contributed by atoms with van der Waals surface area (Å²) in [4.78, 5) is 24.3. The lowest BCUT2D eigenvalue weighted by Gasteiger charge is -2.17. The SMILES string of the molecule is CC/C=C\C/C=C\C/C=C\C/C=C\C[C@H](O)[C@@H](O)CCCC(=O)OC[C@H](CO)OC(=O)CCCCCCCCCCCCCCCCC(C)C. The number of unbranched alkanes of at least 4 members (excludes halogenated alkanes) is 13. The second kappa shape index (κ2) is 36.6. The Morgan fingerprint density at radius 1 is 0.560 bits per heavy atom. The van der Waals surface area contributed by atoms with Gasteiger partial charge in [0.2, 0.25) is 0 Å². The van der Waals surface area contributed by atoms with Crippen molar-refractivity contribution in [1.29, 1.82) is 0 Å². The summed E-state index contributed by atoms with van der Waals surface area (Å²) in [6.45, 7) is 6.11.